The number of rotatable bonds is 4. The van der Waals surface area contributed by atoms with Crippen LogP contribution >= 0.6 is 0 Å². The molecule has 0 radical (unpaired) electrons. The van der Waals surface area contributed by atoms with Crippen molar-refractivity contribution in [2.24, 2.45) is 0 Å². The SMILES string of the molecule is CS(=O)(=O)N1CCN(C(=O)c2cc3c(N4CC5CCC(C4)O5)nc(-c4ccc(N)cc4)nn3c2)CC1. The lowest BCUT2D eigenvalue weighted by Crippen LogP contribution is -2.50. The summed E-state index contributed by atoms with van der Waals surface area (Å²) in [6, 6.07) is 9.25. The van der Waals surface area contributed by atoms with Gasteiger partial charge in [0.05, 0.1) is 24.0 Å². The molecule has 0 aliphatic carbocycles. The predicted molar refractivity (Wildman–Crippen MR) is 135 cm³/mol. The second-order valence-electron chi connectivity index (χ2n) is 9.76. The number of hydrogen-bond acceptors (Lipinski definition) is 8. The van der Waals surface area contributed by atoms with Gasteiger partial charge < -0.3 is 20.3 Å². The molecule has 1 amide bonds. The van der Waals surface area contributed by atoms with Crippen molar-refractivity contribution in [3.05, 3.63) is 42.1 Å². The molecule has 0 saturated carbocycles. The lowest BCUT2D eigenvalue weighted by molar-refractivity contribution is 0.0303. The lowest BCUT2D eigenvalue weighted by Gasteiger charge is -2.33. The van der Waals surface area contributed by atoms with Crippen molar-refractivity contribution in [3.63, 3.8) is 0 Å². The fourth-order valence-electron chi connectivity index (χ4n) is 5.28. The molecule has 3 aromatic rings. The summed E-state index contributed by atoms with van der Waals surface area (Å²) in [4.78, 5) is 22.2. The first-order chi connectivity index (χ1) is 17.2. The van der Waals surface area contributed by atoms with Gasteiger partial charge in [-0.25, -0.2) is 17.9 Å². The van der Waals surface area contributed by atoms with Gasteiger partial charge in [-0.15, -0.1) is 5.10 Å². The minimum Gasteiger partial charge on any atom is -0.399 e. The average Bonchev–Trinajstić information content (AvgIpc) is 3.45. The van der Waals surface area contributed by atoms with Gasteiger partial charge in [-0.2, -0.15) is 4.31 Å². The molecule has 6 rings (SSSR count). The van der Waals surface area contributed by atoms with Gasteiger partial charge in [0.25, 0.3) is 5.91 Å². The largest absolute Gasteiger partial charge is 0.399 e. The lowest BCUT2D eigenvalue weighted by atomic mass is 10.2. The van der Waals surface area contributed by atoms with Gasteiger partial charge in [0.1, 0.15) is 5.52 Å². The van der Waals surface area contributed by atoms with Crippen molar-refractivity contribution in [1.29, 1.82) is 0 Å². The van der Waals surface area contributed by atoms with Crippen LogP contribution in [0.3, 0.4) is 0 Å². The highest BCUT2D eigenvalue weighted by Gasteiger charge is 2.35. The van der Waals surface area contributed by atoms with E-state index in [1.807, 2.05) is 30.3 Å². The van der Waals surface area contributed by atoms with E-state index in [2.05, 4.69) is 4.90 Å². The van der Waals surface area contributed by atoms with Crippen LogP contribution in [0.1, 0.15) is 23.2 Å². The summed E-state index contributed by atoms with van der Waals surface area (Å²) >= 11 is 0. The fraction of sp³-hybridized carbons (Fsp3) is 0.458. The van der Waals surface area contributed by atoms with Gasteiger partial charge in [0.15, 0.2) is 11.6 Å². The van der Waals surface area contributed by atoms with Gasteiger partial charge in [0.2, 0.25) is 10.0 Å². The Hall–Kier alpha value is -3.22. The first-order valence-corrected chi connectivity index (χ1v) is 14.0. The molecule has 3 saturated heterocycles. The maximum atomic E-state index is 13.4. The van der Waals surface area contributed by atoms with Crippen LogP contribution in [0.4, 0.5) is 11.5 Å². The van der Waals surface area contributed by atoms with E-state index in [-0.39, 0.29) is 18.1 Å². The summed E-state index contributed by atoms with van der Waals surface area (Å²) < 4.78 is 32.8. The Bertz CT molecular complexity index is 1400. The van der Waals surface area contributed by atoms with Crippen LogP contribution in [0.25, 0.3) is 16.9 Å². The third kappa shape index (κ3) is 4.29. The summed E-state index contributed by atoms with van der Waals surface area (Å²) in [5.41, 5.74) is 8.63. The van der Waals surface area contributed by atoms with E-state index in [1.165, 1.54) is 10.6 Å². The topological polar surface area (TPSA) is 126 Å². The first-order valence-electron chi connectivity index (χ1n) is 12.2. The van der Waals surface area contributed by atoms with Crippen molar-refractivity contribution in [2.45, 2.75) is 25.0 Å². The Morgan fingerprint density at radius 2 is 1.72 bits per heavy atom. The van der Waals surface area contributed by atoms with Crippen LogP contribution in [0, 0.1) is 0 Å². The van der Waals surface area contributed by atoms with E-state index < -0.39 is 10.0 Å². The van der Waals surface area contributed by atoms with E-state index in [1.54, 1.807) is 15.6 Å². The second kappa shape index (κ2) is 8.71. The van der Waals surface area contributed by atoms with Crippen molar-refractivity contribution >= 4 is 33.0 Å². The summed E-state index contributed by atoms with van der Waals surface area (Å²) in [6.45, 7) is 2.76. The number of carbonyl (C=O) groups is 1. The number of carbonyl (C=O) groups excluding carboxylic acids is 1. The number of ether oxygens (including phenoxy) is 1. The molecule has 2 atom stereocenters. The minimum atomic E-state index is -3.27. The molecule has 3 aliphatic heterocycles. The molecule has 2 unspecified atom stereocenters. The van der Waals surface area contributed by atoms with Crippen molar-refractivity contribution in [2.75, 3.05) is 56.2 Å². The zero-order valence-electron chi connectivity index (χ0n) is 20.1. The molecule has 11 nitrogen and oxygen atoms in total. The number of fused-ring (bicyclic) bond motifs is 3. The summed E-state index contributed by atoms with van der Waals surface area (Å²) in [5.74, 6) is 1.18. The van der Waals surface area contributed by atoms with Crippen molar-refractivity contribution in [1.82, 2.24) is 23.8 Å². The molecule has 2 aromatic heterocycles. The Morgan fingerprint density at radius 1 is 1.06 bits per heavy atom. The molecule has 0 spiro atoms. The Kier molecular flexibility index (Phi) is 5.61. The number of nitrogens with zero attached hydrogens (tertiary/aromatic N) is 6. The number of amides is 1. The standard InChI is InChI=1S/C24H29N7O4S/c1-36(33,34)30-10-8-28(9-11-30)24(32)17-12-21-23(29-14-19-6-7-20(15-29)35-19)26-22(27-31(21)13-17)16-2-4-18(25)5-3-16/h2-5,12-13,19-20H,6-11,14-15,25H2,1H3. The zero-order chi connectivity index (χ0) is 25.0. The molecule has 12 heteroatoms. The third-order valence-electron chi connectivity index (χ3n) is 7.20. The van der Waals surface area contributed by atoms with E-state index in [9.17, 15) is 13.2 Å². The van der Waals surface area contributed by atoms with E-state index >= 15 is 0 Å². The molecule has 2 bridgehead atoms. The monoisotopic (exact) mass is 511 g/mol. The second-order valence-corrected chi connectivity index (χ2v) is 11.7. The number of nitrogen functional groups attached to an aromatic ring is 1. The van der Waals surface area contributed by atoms with Crippen molar-refractivity contribution < 1.29 is 17.9 Å². The molecule has 36 heavy (non-hydrogen) atoms. The van der Waals surface area contributed by atoms with Gasteiger partial charge in [-0.05, 0) is 43.2 Å². The number of hydrogen-bond donors (Lipinski definition) is 1. The molecule has 1 aromatic carbocycles. The van der Waals surface area contributed by atoms with E-state index in [0.717, 1.165) is 42.8 Å². The molecule has 5 heterocycles. The molecule has 2 N–H and O–H groups in total. The quantitative estimate of drug-likeness (QED) is 0.516. The number of morpholine rings is 1. The van der Waals surface area contributed by atoms with Crippen LogP contribution in [0.5, 0.6) is 0 Å². The Morgan fingerprint density at radius 3 is 2.36 bits per heavy atom. The normalized spacial score (nSPS) is 22.9. The van der Waals surface area contributed by atoms with E-state index in [0.29, 0.717) is 43.3 Å². The molecule has 3 aliphatic rings. The summed E-state index contributed by atoms with van der Waals surface area (Å²) in [5, 5.41) is 4.73. The smallest absolute Gasteiger partial charge is 0.255 e. The number of aromatic nitrogens is 3. The molecule has 3 fully saturated rings. The zero-order valence-corrected chi connectivity index (χ0v) is 20.9. The van der Waals surface area contributed by atoms with Crippen LogP contribution in [0.15, 0.2) is 36.5 Å². The van der Waals surface area contributed by atoms with Crippen LogP contribution in [-0.2, 0) is 14.8 Å². The highest BCUT2D eigenvalue weighted by molar-refractivity contribution is 7.88. The Balaban J connectivity index is 1.36. The first kappa shape index (κ1) is 23.2. The number of piperazine rings is 1. The highest BCUT2D eigenvalue weighted by atomic mass is 32.2. The number of anilines is 2. The number of sulfonamides is 1. The van der Waals surface area contributed by atoms with Gasteiger partial charge in [0, 0.05) is 56.7 Å². The average molecular weight is 512 g/mol. The molecular weight excluding hydrogens is 482 g/mol. The highest BCUT2D eigenvalue weighted by Crippen LogP contribution is 2.32. The van der Waals surface area contributed by atoms with Gasteiger partial charge in [-0.3, -0.25) is 4.79 Å². The predicted octanol–water partition coefficient (Wildman–Crippen LogP) is 1.06. The van der Waals surface area contributed by atoms with E-state index in [4.69, 9.17) is 20.6 Å². The maximum Gasteiger partial charge on any atom is 0.255 e. The van der Waals surface area contributed by atoms with Gasteiger partial charge >= 0.3 is 0 Å². The Labute approximate surface area is 209 Å². The van der Waals surface area contributed by atoms with Crippen LogP contribution in [-0.4, -0.2) is 95.9 Å². The minimum absolute atomic E-state index is 0.143. The summed E-state index contributed by atoms with van der Waals surface area (Å²) in [6.07, 6.45) is 5.38. The maximum absolute atomic E-state index is 13.4. The summed E-state index contributed by atoms with van der Waals surface area (Å²) in [7, 11) is -3.27. The van der Waals surface area contributed by atoms with Crippen LogP contribution in [0.2, 0.25) is 0 Å². The molecule has 190 valence electrons. The number of nitrogens with two attached hydrogens (primary N) is 1. The van der Waals surface area contributed by atoms with Gasteiger partial charge in [-0.1, -0.05) is 0 Å². The van der Waals surface area contributed by atoms with Crippen molar-refractivity contribution in [3.8, 4) is 11.4 Å². The van der Waals surface area contributed by atoms with Crippen LogP contribution < -0.4 is 10.6 Å². The molecular formula is C24H29N7O4S. The number of benzene rings is 1. The third-order valence-corrected chi connectivity index (χ3v) is 8.50. The fourth-order valence-corrected chi connectivity index (χ4v) is 6.11.